The van der Waals surface area contributed by atoms with E-state index >= 15 is 0 Å². The van der Waals surface area contributed by atoms with E-state index in [4.69, 9.17) is 5.73 Å². The Hall–Kier alpha value is -2.43. The lowest BCUT2D eigenvalue weighted by atomic mass is 10.2. The van der Waals surface area contributed by atoms with Crippen LogP contribution in [0.3, 0.4) is 0 Å². The highest BCUT2D eigenvalue weighted by atomic mass is 16.2. The fraction of sp³-hybridized carbons (Fsp3) is 0.267. The van der Waals surface area contributed by atoms with Gasteiger partial charge in [-0.25, -0.2) is 4.98 Å². The van der Waals surface area contributed by atoms with Gasteiger partial charge in [-0.05, 0) is 18.6 Å². The summed E-state index contributed by atoms with van der Waals surface area (Å²) in [6.07, 6.45) is 4.81. The van der Waals surface area contributed by atoms with E-state index < -0.39 is 0 Å². The van der Waals surface area contributed by atoms with Crippen molar-refractivity contribution in [3.63, 3.8) is 0 Å². The van der Waals surface area contributed by atoms with Gasteiger partial charge in [-0.15, -0.1) is 0 Å². The summed E-state index contributed by atoms with van der Waals surface area (Å²) in [5.74, 6) is 0.0730. The quantitative estimate of drug-likeness (QED) is 0.906. The molecule has 5 heteroatoms. The second-order valence-electron chi connectivity index (χ2n) is 4.48. The van der Waals surface area contributed by atoms with Crippen molar-refractivity contribution in [1.29, 1.82) is 0 Å². The first-order valence-corrected chi connectivity index (χ1v) is 6.66. The van der Waals surface area contributed by atoms with Crippen molar-refractivity contribution in [3.8, 4) is 0 Å². The number of para-hydroxylation sites is 1. The molecule has 0 unspecified atom stereocenters. The van der Waals surface area contributed by atoms with Gasteiger partial charge in [-0.2, -0.15) is 0 Å². The fourth-order valence-corrected chi connectivity index (χ4v) is 1.89. The molecular formula is C15H18N4O. The molecule has 1 heterocycles. The van der Waals surface area contributed by atoms with Crippen LogP contribution in [-0.2, 0) is 0 Å². The van der Waals surface area contributed by atoms with Crippen LogP contribution in [0.5, 0.6) is 0 Å². The second kappa shape index (κ2) is 6.65. The van der Waals surface area contributed by atoms with Crippen LogP contribution >= 0.6 is 0 Å². The van der Waals surface area contributed by atoms with Crippen LogP contribution in [0.15, 0.2) is 42.7 Å². The van der Waals surface area contributed by atoms with Crippen molar-refractivity contribution in [2.24, 2.45) is 0 Å². The predicted octanol–water partition coefficient (Wildman–Crippen LogP) is 2.51. The lowest BCUT2D eigenvalue weighted by Gasteiger charge is -2.22. The number of aromatic nitrogens is 2. The van der Waals surface area contributed by atoms with Crippen LogP contribution in [0.2, 0.25) is 0 Å². The maximum Gasteiger partial charge on any atom is 0.278 e. The Kier molecular flexibility index (Phi) is 4.65. The summed E-state index contributed by atoms with van der Waals surface area (Å²) in [4.78, 5) is 22.3. The van der Waals surface area contributed by atoms with Gasteiger partial charge >= 0.3 is 0 Å². The highest BCUT2D eigenvalue weighted by molar-refractivity contribution is 6.04. The number of benzene rings is 1. The standard InChI is InChI=1S/C15H18N4O/c1-2-3-9-19(12-7-5-4-6-8-12)15(20)13-10-17-11-14(16)18-13/h4-8,10-11H,2-3,9H2,1H3,(H2,16,18). The molecule has 2 rings (SSSR count). The molecule has 0 radical (unpaired) electrons. The summed E-state index contributed by atoms with van der Waals surface area (Å²) >= 11 is 0. The smallest absolute Gasteiger partial charge is 0.278 e. The molecule has 0 fully saturated rings. The van der Waals surface area contributed by atoms with Gasteiger partial charge in [0.05, 0.1) is 12.4 Å². The Morgan fingerprint density at radius 3 is 2.65 bits per heavy atom. The zero-order valence-electron chi connectivity index (χ0n) is 11.5. The number of rotatable bonds is 5. The molecule has 1 aromatic carbocycles. The first-order valence-electron chi connectivity index (χ1n) is 6.66. The lowest BCUT2D eigenvalue weighted by Crippen LogP contribution is -2.32. The molecule has 0 aliphatic carbocycles. The molecule has 1 aromatic heterocycles. The minimum atomic E-state index is -0.176. The predicted molar refractivity (Wildman–Crippen MR) is 79.5 cm³/mol. The number of hydrogen-bond donors (Lipinski definition) is 1. The minimum absolute atomic E-state index is 0.176. The molecule has 1 amide bonds. The van der Waals surface area contributed by atoms with Gasteiger partial charge in [0.15, 0.2) is 0 Å². The number of unbranched alkanes of at least 4 members (excludes halogenated alkanes) is 1. The van der Waals surface area contributed by atoms with E-state index in [0.29, 0.717) is 6.54 Å². The van der Waals surface area contributed by atoms with Gasteiger partial charge < -0.3 is 10.6 Å². The molecule has 0 atom stereocenters. The van der Waals surface area contributed by atoms with Crippen LogP contribution in [0.25, 0.3) is 0 Å². The fourth-order valence-electron chi connectivity index (χ4n) is 1.89. The van der Waals surface area contributed by atoms with Crippen molar-refractivity contribution in [2.75, 3.05) is 17.2 Å². The zero-order valence-corrected chi connectivity index (χ0v) is 11.5. The number of nitrogens with two attached hydrogens (primary N) is 1. The van der Waals surface area contributed by atoms with Gasteiger partial charge in [0.25, 0.3) is 5.91 Å². The van der Waals surface area contributed by atoms with Crippen molar-refractivity contribution in [3.05, 3.63) is 48.4 Å². The third kappa shape index (κ3) is 3.32. The molecule has 20 heavy (non-hydrogen) atoms. The average molecular weight is 270 g/mol. The van der Waals surface area contributed by atoms with Gasteiger partial charge in [-0.3, -0.25) is 9.78 Å². The van der Waals surface area contributed by atoms with Crippen LogP contribution < -0.4 is 10.6 Å². The number of carbonyl (C=O) groups is 1. The van der Waals surface area contributed by atoms with Crippen molar-refractivity contribution < 1.29 is 4.79 Å². The van der Waals surface area contributed by atoms with E-state index in [1.54, 1.807) is 4.90 Å². The van der Waals surface area contributed by atoms with Gasteiger partial charge in [0, 0.05) is 12.2 Å². The Labute approximate surface area is 118 Å². The van der Waals surface area contributed by atoms with Crippen molar-refractivity contribution in [2.45, 2.75) is 19.8 Å². The SMILES string of the molecule is CCCCN(C(=O)c1cncc(N)n1)c1ccccc1. The number of hydrogen-bond acceptors (Lipinski definition) is 4. The van der Waals surface area contributed by atoms with E-state index in [2.05, 4.69) is 16.9 Å². The third-order valence-electron chi connectivity index (χ3n) is 2.92. The highest BCUT2D eigenvalue weighted by Gasteiger charge is 2.18. The summed E-state index contributed by atoms with van der Waals surface area (Å²) in [6, 6.07) is 9.56. The highest BCUT2D eigenvalue weighted by Crippen LogP contribution is 2.17. The van der Waals surface area contributed by atoms with E-state index in [9.17, 15) is 4.79 Å². The number of amides is 1. The monoisotopic (exact) mass is 270 g/mol. The van der Waals surface area contributed by atoms with E-state index in [1.165, 1.54) is 12.4 Å². The van der Waals surface area contributed by atoms with Gasteiger partial charge in [0.2, 0.25) is 0 Å². The maximum atomic E-state index is 12.6. The molecule has 5 nitrogen and oxygen atoms in total. The molecule has 104 valence electrons. The lowest BCUT2D eigenvalue weighted by molar-refractivity contribution is 0.0981. The zero-order chi connectivity index (χ0) is 14.4. The molecular weight excluding hydrogens is 252 g/mol. The number of nitrogen functional groups attached to an aromatic ring is 1. The van der Waals surface area contributed by atoms with E-state index in [1.807, 2.05) is 30.3 Å². The molecule has 2 aromatic rings. The largest absolute Gasteiger partial charge is 0.382 e. The Morgan fingerprint density at radius 1 is 1.25 bits per heavy atom. The summed E-state index contributed by atoms with van der Waals surface area (Å²) in [6.45, 7) is 2.74. The summed E-state index contributed by atoms with van der Waals surface area (Å²) in [7, 11) is 0. The number of anilines is 2. The molecule has 0 spiro atoms. The summed E-state index contributed by atoms with van der Waals surface area (Å²) in [5.41, 5.74) is 6.72. The third-order valence-corrected chi connectivity index (χ3v) is 2.92. The number of carbonyl (C=O) groups excluding carboxylic acids is 1. The Balaban J connectivity index is 2.29. The maximum absolute atomic E-state index is 12.6. The van der Waals surface area contributed by atoms with Crippen molar-refractivity contribution >= 4 is 17.4 Å². The Bertz CT molecular complexity index is 571. The second-order valence-corrected chi connectivity index (χ2v) is 4.48. The van der Waals surface area contributed by atoms with Crippen LogP contribution in [0, 0.1) is 0 Å². The Morgan fingerprint density at radius 2 is 2.00 bits per heavy atom. The van der Waals surface area contributed by atoms with Crippen LogP contribution in [0.1, 0.15) is 30.3 Å². The van der Waals surface area contributed by atoms with Crippen LogP contribution in [-0.4, -0.2) is 22.4 Å². The van der Waals surface area contributed by atoms with E-state index in [0.717, 1.165) is 18.5 Å². The van der Waals surface area contributed by atoms with Gasteiger partial charge in [0.1, 0.15) is 11.5 Å². The molecule has 2 N–H and O–H groups in total. The summed E-state index contributed by atoms with van der Waals surface area (Å²) in [5, 5.41) is 0. The number of nitrogens with zero attached hydrogens (tertiary/aromatic N) is 3. The normalized spacial score (nSPS) is 10.2. The molecule has 0 saturated heterocycles. The topological polar surface area (TPSA) is 72.1 Å². The van der Waals surface area contributed by atoms with Crippen LogP contribution in [0.4, 0.5) is 11.5 Å². The minimum Gasteiger partial charge on any atom is -0.382 e. The van der Waals surface area contributed by atoms with E-state index in [-0.39, 0.29) is 17.4 Å². The van der Waals surface area contributed by atoms with Crippen molar-refractivity contribution in [1.82, 2.24) is 9.97 Å². The molecule has 0 saturated carbocycles. The molecule has 0 aliphatic heterocycles. The summed E-state index contributed by atoms with van der Waals surface area (Å²) < 4.78 is 0. The molecule has 0 aliphatic rings. The average Bonchev–Trinajstić information content (AvgIpc) is 2.48. The first-order chi connectivity index (χ1) is 9.72. The van der Waals surface area contributed by atoms with Gasteiger partial charge in [-0.1, -0.05) is 31.5 Å². The molecule has 0 bridgehead atoms. The first kappa shape index (κ1) is 14.0.